The van der Waals surface area contributed by atoms with Crippen molar-refractivity contribution in [3.8, 4) is 29.0 Å². The van der Waals surface area contributed by atoms with Gasteiger partial charge in [-0.3, -0.25) is 0 Å². The Bertz CT molecular complexity index is 1280. The van der Waals surface area contributed by atoms with E-state index < -0.39 is 18.4 Å². The number of hydrogen-bond acceptors (Lipinski definition) is 7. The van der Waals surface area contributed by atoms with Gasteiger partial charge >= 0.3 is 12.0 Å². The van der Waals surface area contributed by atoms with Crippen molar-refractivity contribution in [3.05, 3.63) is 58.5 Å². The molecular weight excluding hydrogens is 429 g/mol. The first-order valence-corrected chi connectivity index (χ1v) is 9.40. The van der Waals surface area contributed by atoms with Gasteiger partial charge in [-0.05, 0) is 55.3 Å². The molecule has 0 bridgehead atoms. The fourth-order valence-electron chi connectivity index (χ4n) is 2.98. The molecule has 1 N–H and O–H groups in total. The number of halogens is 2. The molecule has 0 unspecified atom stereocenters. The van der Waals surface area contributed by atoms with E-state index in [-0.39, 0.29) is 22.5 Å². The van der Waals surface area contributed by atoms with Gasteiger partial charge < -0.3 is 19.0 Å². The smallest absolute Gasteiger partial charge is 0.341 e. The van der Waals surface area contributed by atoms with Crippen LogP contribution < -0.4 is 9.47 Å². The summed E-state index contributed by atoms with van der Waals surface area (Å²) in [5.74, 6) is -0.546. The number of carbonyl (C=O) groups is 1. The second-order valence-electron chi connectivity index (χ2n) is 6.66. The van der Waals surface area contributed by atoms with Crippen LogP contribution in [-0.2, 0) is 4.79 Å². The van der Waals surface area contributed by atoms with E-state index in [0.29, 0.717) is 22.7 Å². The molecule has 2 aromatic carbocycles. The minimum Gasteiger partial charge on any atom is -0.481 e. The zero-order valence-electron chi connectivity index (χ0n) is 16.3. The van der Waals surface area contributed by atoms with E-state index in [1.54, 1.807) is 26.0 Å². The van der Waals surface area contributed by atoms with Crippen LogP contribution in [0.3, 0.4) is 0 Å². The number of rotatable bonds is 6. The highest BCUT2D eigenvalue weighted by atomic mass is 35.5. The summed E-state index contributed by atoms with van der Waals surface area (Å²) in [6.45, 7) is 3.17. The minimum atomic E-state index is -1.06. The van der Waals surface area contributed by atoms with Crippen LogP contribution in [0.5, 0.6) is 17.5 Å². The van der Waals surface area contributed by atoms with Gasteiger partial charge in [0.2, 0.25) is 5.89 Å². The van der Waals surface area contributed by atoms with Crippen LogP contribution in [-0.4, -0.2) is 32.6 Å². The van der Waals surface area contributed by atoms with E-state index in [9.17, 15) is 9.18 Å². The molecule has 0 amide bonds. The third-order valence-corrected chi connectivity index (χ3v) is 4.57. The summed E-state index contributed by atoms with van der Waals surface area (Å²) in [4.78, 5) is 23.4. The van der Waals surface area contributed by atoms with E-state index in [0.717, 1.165) is 17.2 Å². The Labute approximate surface area is 180 Å². The summed E-state index contributed by atoms with van der Waals surface area (Å²) in [6, 6.07) is 7.22. The van der Waals surface area contributed by atoms with Crippen LogP contribution in [0.25, 0.3) is 22.7 Å². The van der Waals surface area contributed by atoms with Crippen molar-refractivity contribution in [3.63, 3.8) is 0 Å². The van der Waals surface area contributed by atoms with Crippen molar-refractivity contribution >= 4 is 28.8 Å². The van der Waals surface area contributed by atoms with Crippen molar-refractivity contribution < 1.29 is 28.2 Å². The first-order chi connectivity index (χ1) is 14.8. The number of aliphatic carboxylic acids is 1. The van der Waals surface area contributed by atoms with Gasteiger partial charge in [0.25, 0.3) is 5.71 Å². The molecule has 4 rings (SSSR count). The Morgan fingerprint density at radius 1 is 1.19 bits per heavy atom. The van der Waals surface area contributed by atoms with Crippen LogP contribution >= 0.6 is 11.6 Å². The van der Waals surface area contributed by atoms with Crippen molar-refractivity contribution in [2.24, 2.45) is 0 Å². The van der Waals surface area contributed by atoms with Crippen LogP contribution in [0, 0.1) is 19.7 Å². The van der Waals surface area contributed by atoms with Gasteiger partial charge in [0.05, 0.1) is 11.2 Å². The first-order valence-electron chi connectivity index (χ1n) is 9.03. The van der Waals surface area contributed by atoms with E-state index >= 15 is 0 Å². The summed E-state index contributed by atoms with van der Waals surface area (Å²) >= 11 is 5.96. The number of hydrogen-bond donors (Lipinski definition) is 1. The largest absolute Gasteiger partial charge is 0.481 e. The molecule has 31 heavy (non-hydrogen) atoms. The Balaban J connectivity index is 1.63. The lowest BCUT2D eigenvalue weighted by Gasteiger charge is -2.11. The van der Waals surface area contributed by atoms with Crippen LogP contribution in [0.2, 0.25) is 5.02 Å². The maximum absolute atomic E-state index is 13.2. The van der Waals surface area contributed by atoms with Crippen molar-refractivity contribution in [1.82, 2.24) is 15.0 Å². The molecule has 2 aromatic heterocycles. The summed E-state index contributed by atoms with van der Waals surface area (Å²) in [5, 5.41) is 8.90. The van der Waals surface area contributed by atoms with Gasteiger partial charge in [0.1, 0.15) is 22.8 Å². The predicted octanol–water partition coefficient (Wildman–Crippen LogP) is 4.95. The highest BCUT2D eigenvalue weighted by Gasteiger charge is 2.16. The normalized spacial score (nSPS) is 11.0. The molecule has 0 fully saturated rings. The average molecular weight is 444 g/mol. The monoisotopic (exact) mass is 443 g/mol. The molecule has 4 aromatic rings. The summed E-state index contributed by atoms with van der Waals surface area (Å²) in [7, 11) is 0. The molecule has 8 nitrogen and oxygen atoms in total. The fourth-order valence-corrected chi connectivity index (χ4v) is 3.19. The van der Waals surface area contributed by atoms with Gasteiger partial charge in [0, 0.05) is 5.56 Å². The third-order valence-electron chi connectivity index (χ3n) is 4.27. The lowest BCUT2D eigenvalue weighted by Crippen LogP contribution is -2.10. The third kappa shape index (κ3) is 4.41. The minimum absolute atomic E-state index is 0.0338. The van der Waals surface area contributed by atoms with E-state index in [1.165, 1.54) is 18.3 Å². The molecule has 0 saturated carbocycles. The number of fused-ring (bicyclic) bond motifs is 1. The molecule has 0 atom stereocenters. The first kappa shape index (κ1) is 20.5. The van der Waals surface area contributed by atoms with Crippen molar-refractivity contribution in [2.75, 3.05) is 6.61 Å². The summed E-state index contributed by atoms with van der Waals surface area (Å²) in [5.41, 5.74) is 2.74. The lowest BCUT2D eigenvalue weighted by atomic mass is 10.1. The zero-order chi connectivity index (χ0) is 22.1. The molecule has 0 radical (unpaired) electrons. The SMILES string of the molecule is Cc1cc(-c2nc3cnc(Oc4ccc(F)cc4Cl)nc3o2)cc(C)c1OCC(=O)O. The number of oxazole rings is 1. The van der Waals surface area contributed by atoms with E-state index in [4.69, 9.17) is 30.6 Å². The van der Waals surface area contributed by atoms with Gasteiger partial charge in [-0.25, -0.2) is 19.2 Å². The molecule has 10 heteroatoms. The number of ether oxygens (including phenoxy) is 2. The van der Waals surface area contributed by atoms with Crippen molar-refractivity contribution in [2.45, 2.75) is 13.8 Å². The van der Waals surface area contributed by atoms with Crippen LogP contribution in [0.15, 0.2) is 40.9 Å². The van der Waals surface area contributed by atoms with Crippen LogP contribution in [0.4, 0.5) is 4.39 Å². The number of carboxylic acid groups (broad SMARTS) is 1. The molecular formula is C21H15ClFN3O5. The molecule has 0 aliphatic rings. The maximum Gasteiger partial charge on any atom is 0.341 e. The molecule has 0 aliphatic carbocycles. The maximum atomic E-state index is 13.2. The van der Waals surface area contributed by atoms with Crippen LogP contribution in [0.1, 0.15) is 11.1 Å². The van der Waals surface area contributed by atoms with Gasteiger partial charge in [-0.15, -0.1) is 0 Å². The summed E-state index contributed by atoms with van der Waals surface area (Å²) < 4.78 is 29.8. The number of nitrogens with zero attached hydrogens (tertiary/aromatic N) is 3. The highest BCUT2D eigenvalue weighted by Crippen LogP contribution is 2.32. The molecule has 158 valence electrons. The molecule has 0 aliphatic heterocycles. The average Bonchev–Trinajstić information content (AvgIpc) is 3.12. The van der Waals surface area contributed by atoms with Gasteiger partial charge in [-0.2, -0.15) is 4.98 Å². The predicted molar refractivity (Wildman–Crippen MR) is 109 cm³/mol. The lowest BCUT2D eigenvalue weighted by molar-refractivity contribution is -0.139. The highest BCUT2D eigenvalue weighted by molar-refractivity contribution is 6.32. The van der Waals surface area contributed by atoms with E-state index in [1.807, 2.05) is 0 Å². The van der Waals surface area contributed by atoms with E-state index in [2.05, 4.69) is 15.0 Å². The number of carboxylic acids is 1. The topological polar surface area (TPSA) is 108 Å². The number of aryl methyl sites for hydroxylation is 2. The second-order valence-corrected chi connectivity index (χ2v) is 7.07. The zero-order valence-corrected chi connectivity index (χ0v) is 17.1. The number of aromatic nitrogens is 3. The Kier molecular flexibility index (Phi) is 5.43. The second kappa shape index (κ2) is 8.19. The molecule has 2 heterocycles. The fraction of sp³-hybridized carbons (Fsp3) is 0.143. The number of benzene rings is 2. The van der Waals surface area contributed by atoms with Gasteiger partial charge in [-0.1, -0.05) is 11.6 Å². The molecule has 0 saturated heterocycles. The molecule has 0 spiro atoms. The quantitative estimate of drug-likeness (QED) is 0.446. The Morgan fingerprint density at radius 2 is 1.94 bits per heavy atom. The summed E-state index contributed by atoms with van der Waals surface area (Å²) in [6.07, 6.45) is 1.44. The standard InChI is InChI=1S/C21H15ClFN3O5/c1-10-5-12(6-11(2)18(10)29-9-17(27)28)19-25-15-8-24-21(26-20(15)31-19)30-16-4-3-13(23)7-14(16)22/h3-8H,9H2,1-2H3,(H,27,28). The Hall–Kier alpha value is -3.72. The van der Waals surface area contributed by atoms with Gasteiger partial charge in [0.15, 0.2) is 6.61 Å². The Morgan fingerprint density at radius 3 is 2.61 bits per heavy atom. The van der Waals surface area contributed by atoms with Crippen molar-refractivity contribution in [1.29, 1.82) is 0 Å².